The maximum atomic E-state index is 12.3. The van der Waals surface area contributed by atoms with Crippen molar-refractivity contribution in [3.05, 3.63) is 35.9 Å². The van der Waals surface area contributed by atoms with Crippen LogP contribution in [-0.2, 0) is 4.74 Å². The van der Waals surface area contributed by atoms with Crippen LogP contribution in [0.1, 0.15) is 10.4 Å². The molecule has 2 aliphatic rings. The monoisotopic (exact) mass is 246 g/mol. The van der Waals surface area contributed by atoms with Crippen LogP contribution >= 0.6 is 0 Å². The van der Waals surface area contributed by atoms with Gasteiger partial charge < -0.3 is 9.64 Å². The number of amides is 2. The summed E-state index contributed by atoms with van der Waals surface area (Å²) < 4.78 is 4.98. The Hall–Kier alpha value is -2.04. The average molecular weight is 246 g/mol. The van der Waals surface area contributed by atoms with Crippen LogP contribution in [0.25, 0.3) is 0 Å². The van der Waals surface area contributed by atoms with Crippen molar-refractivity contribution in [1.29, 1.82) is 0 Å². The molecule has 5 nitrogen and oxygen atoms in total. The van der Waals surface area contributed by atoms with E-state index in [0.717, 1.165) is 0 Å². The number of nitrogens with zero attached hydrogens (tertiary/aromatic N) is 2. The minimum absolute atomic E-state index is 0.0129. The maximum Gasteiger partial charge on any atom is 0.410 e. The van der Waals surface area contributed by atoms with Gasteiger partial charge in [-0.2, -0.15) is 0 Å². The van der Waals surface area contributed by atoms with E-state index >= 15 is 0 Å². The van der Waals surface area contributed by atoms with Crippen molar-refractivity contribution in [2.24, 2.45) is 0 Å². The fourth-order valence-electron chi connectivity index (χ4n) is 2.44. The molecule has 0 spiro atoms. The van der Waals surface area contributed by atoms with E-state index in [9.17, 15) is 9.59 Å². The molecule has 0 bridgehead atoms. The highest BCUT2D eigenvalue weighted by atomic mass is 16.6. The molecule has 2 fully saturated rings. The lowest BCUT2D eigenvalue weighted by molar-refractivity contribution is 0.0617. The van der Waals surface area contributed by atoms with Gasteiger partial charge >= 0.3 is 6.09 Å². The Bertz CT molecular complexity index is 474. The van der Waals surface area contributed by atoms with Gasteiger partial charge in [-0.05, 0) is 12.1 Å². The zero-order valence-corrected chi connectivity index (χ0v) is 9.91. The molecule has 0 radical (unpaired) electrons. The Morgan fingerprint density at radius 1 is 1.22 bits per heavy atom. The highest BCUT2D eigenvalue weighted by molar-refractivity contribution is 5.94. The summed E-state index contributed by atoms with van der Waals surface area (Å²) in [6.45, 7) is 2.07. The summed E-state index contributed by atoms with van der Waals surface area (Å²) in [5.41, 5.74) is 0.691. The fourth-order valence-corrected chi connectivity index (χ4v) is 2.44. The second-order valence-electron chi connectivity index (χ2n) is 4.54. The predicted molar refractivity (Wildman–Crippen MR) is 64.2 cm³/mol. The molecule has 2 amide bonds. The highest BCUT2D eigenvalue weighted by Gasteiger charge is 2.38. The van der Waals surface area contributed by atoms with Crippen molar-refractivity contribution in [1.82, 2.24) is 9.80 Å². The fraction of sp³-hybridized carbons (Fsp3) is 0.385. The summed E-state index contributed by atoms with van der Waals surface area (Å²) in [5, 5.41) is 0. The van der Waals surface area contributed by atoms with Crippen LogP contribution in [0.5, 0.6) is 0 Å². The van der Waals surface area contributed by atoms with Crippen molar-refractivity contribution >= 4 is 12.0 Å². The van der Waals surface area contributed by atoms with E-state index in [1.807, 2.05) is 30.3 Å². The first-order valence-corrected chi connectivity index (χ1v) is 6.03. The van der Waals surface area contributed by atoms with Gasteiger partial charge in [0.2, 0.25) is 0 Å². The zero-order chi connectivity index (χ0) is 12.5. The Morgan fingerprint density at radius 3 is 2.78 bits per heavy atom. The molecule has 94 valence electrons. The zero-order valence-electron chi connectivity index (χ0n) is 9.91. The Balaban J connectivity index is 1.72. The van der Waals surface area contributed by atoms with Gasteiger partial charge in [-0.25, -0.2) is 4.79 Å². The van der Waals surface area contributed by atoms with Crippen molar-refractivity contribution < 1.29 is 14.3 Å². The van der Waals surface area contributed by atoms with Gasteiger partial charge in [0.1, 0.15) is 6.61 Å². The molecule has 2 heterocycles. The Morgan fingerprint density at radius 2 is 2.00 bits per heavy atom. The van der Waals surface area contributed by atoms with Crippen molar-refractivity contribution in [3.63, 3.8) is 0 Å². The molecule has 2 aliphatic heterocycles. The molecule has 0 aliphatic carbocycles. The third-order valence-electron chi connectivity index (χ3n) is 3.42. The first kappa shape index (κ1) is 11.1. The summed E-state index contributed by atoms with van der Waals surface area (Å²) in [6, 6.07) is 9.23. The predicted octanol–water partition coefficient (Wildman–Crippen LogP) is 0.963. The minimum Gasteiger partial charge on any atom is -0.447 e. The highest BCUT2D eigenvalue weighted by Crippen LogP contribution is 2.19. The number of piperazine rings is 1. The van der Waals surface area contributed by atoms with Crippen molar-refractivity contribution in [2.45, 2.75) is 6.04 Å². The number of fused-ring (bicyclic) bond motifs is 1. The number of carbonyl (C=O) groups excluding carboxylic acids is 2. The summed E-state index contributed by atoms with van der Waals surface area (Å²) in [4.78, 5) is 27.1. The van der Waals surface area contributed by atoms with E-state index in [1.54, 1.807) is 9.80 Å². The average Bonchev–Trinajstić information content (AvgIpc) is 2.80. The standard InChI is InChI=1S/C13H14N2O3/c16-12(10-4-2-1-3-5-10)14-6-7-15-11(8-14)9-18-13(15)17/h1-5,11H,6-9H2/t11-/m1/s1. The first-order valence-electron chi connectivity index (χ1n) is 6.03. The molecular weight excluding hydrogens is 232 g/mol. The minimum atomic E-state index is -0.258. The molecule has 3 rings (SSSR count). The van der Waals surface area contributed by atoms with E-state index in [2.05, 4.69) is 0 Å². The van der Waals surface area contributed by atoms with Crippen LogP contribution < -0.4 is 0 Å². The normalized spacial score (nSPS) is 22.7. The van der Waals surface area contributed by atoms with Gasteiger partial charge in [-0.1, -0.05) is 18.2 Å². The number of benzene rings is 1. The van der Waals surface area contributed by atoms with E-state index < -0.39 is 0 Å². The van der Waals surface area contributed by atoms with Crippen LogP contribution in [0.4, 0.5) is 4.79 Å². The maximum absolute atomic E-state index is 12.3. The summed E-state index contributed by atoms with van der Waals surface area (Å²) in [6.07, 6.45) is -0.258. The van der Waals surface area contributed by atoms with Crippen LogP contribution in [0, 0.1) is 0 Å². The molecule has 2 saturated heterocycles. The molecule has 1 atom stereocenters. The second-order valence-corrected chi connectivity index (χ2v) is 4.54. The quantitative estimate of drug-likeness (QED) is 0.741. The van der Waals surface area contributed by atoms with Gasteiger partial charge in [0.25, 0.3) is 5.91 Å². The van der Waals surface area contributed by atoms with Gasteiger partial charge in [0.15, 0.2) is 0 Å². The molecule has 0 aromatic heterocycles. The number of ether oxygens (including phenoxy) is 1. The number of hydrogen-bond acceptors (Lipinski definition) is 3. The molecule has 1 aromatic rings. The molecule has 0 N–H and O–H groups in total. The molecular formula is C13H14N2O3. The third-order valence-corrected chi connectivity index (χ3v) is 3.42. The lowest BCUT2D eigenvalue weighted by Crippen LogP contribution is -2.53. The van der Waals surface area contributed by atoms with Crippen LogP contribution in [0.3, 0.4) is 0 Å². The van der Waals surface area contributed by atoms with E-state index in [0.29, 0.717) is 31.8 Å². The molecule has 0 unspecified atom stereocenters. The lowest BCUT2D eigenvalue weighted by atomic mass is 10.1. The number of carbonyl (C=O) groups is 2. The molecule has 1 aromatic carbocycles. The third kappa shape index (κ3) is 1.81. The first-order chi connectivity index (χ1) is 8.75. The smallest absolute Gasteiger partial charge is 0.410 e. The Kier molecular flexibility index (Phi) is 2.66. The number of rotatable bonds is 1. The molecule has 18 heavy (non-hydrogen) atoms. The van der Waals surface area contributed by atoms with Gasteiger partial charge in [-0.3, -0.25) is 9.69 Å². The number of hydrogen-bond donors (Lipinski definition) is 0. The van der Waals surface area contributed by atoms with Crippen LogP contribution in [0.15, 0.2) is 30.3 Å². The Labute approximate surface area is 105 Å². The van der Waals surface area contributed by atoms with Crippen LogP contribution in [-0.4, -0.2) is 54.1 Å². The van der Waals surface area contributed by atoms with E-state index in [4.69, 9.17) is 4.74 Å². The SMILES string of the molecule is O=C(c1ccccc1)N1CCN2C(=O)OC[C@H]2C1. The topological polar surface area (TPSA) is 49.9 Å². The molecule has 5 heteroatoms. The summed E-state index contributed by atoms with van der Waals surface area (Å²) in [5.74, 6) is 0.0228. The van der Waals surface area contributed by atoms with Crippen LogP contribution in [0.2, 0.25) is 0 Å². The van der Waals surface area contributed by atoms with E-state index in [1.165, 1.54) is 0 Å². The lowest BCUT2D eigenvalue weighted by Gasteiger charge is -2.35. The van der Waals surface area contributed by atoms with E-state index in [-0.39, 0.29) is 18.0 Å². The largest absolute Gasteiger partial charge is 0.447 e. The summed E-state index contributed by atoms with van der Waals surface area (Å²) >= 11 is 0. The van der Waals surface area contributed by atoms with Gasteiger partial charge in [0, 0.05) is 25.2 Å². The van der Waals surface area contributed by atoms with Crippen molar-refractivity contribution in [2.75, 3.05) is 26.2 Å². The van der Waals surface area contributed by atoms with Gasteiger partial charge in [0.05, 0.1) is 6.04 Å². The van der Waals surface area contributed by atoms with Crippen molar-refractivity contribution in [3.8, 4) is 0 Å². The summed E-state index contributed by atoms with van der Waals surface area (Å²) in [7, 11) is 0. The second kappa shape index (κ2) is 4.33. The number of cyclic esters (lactones) is 1. The molecule has 0 saturated carbocycles. The van der Waals surface area contributed by atoms with Gasteiger partial charge in [-0.15, -0.1) is 0 Å².